The second kappa shape index (κ2) is 7.27. The van der Waals surface area contributed by atoms with Crippen LogP contribution in [0.25, 0.3) is 22.2 Å². The fourth-order valence-corrected chi connectivity index (χ4v) is 2.83. The summed E-state index contributed by atoms with van der Waals surface area (Å²) in [6, 6.07) is 9.19. The molecular weight excluding hydrogens is 383 g/mol. The summed E-state index contributed by atoms with van der Waals surface area (Å²) in [5.41, 5.74) is 2.24. The van der Waals surface area contributed by atoms with Gasteiger partial charge >= 0.3 is 12.2 Å². The minimum Gasteiger partial charge on any atom is -0.344 e. The van der Waals surface area contributed by atoms with Crippen molar-refractivity contribution >= 4 is 28.4 Å². The van der Waals surface area contributed by atoms with Gasteiger partial charge in [0.25, 0.3) is 0 Å². The average molecular weight is 397 g/mol. The standard InChI is InChI=1S/C20H14F3N5O/c21-20(22,23)14-3-5-15(6-4-14)27-19(29)28-17-11-26-18-16(17)8-13(10-25-18)12-2-1-7-24-9-12/h1-11H,(H,25,26)(H2,27,28,29). The molecule has 0 bridgehead atoms. The average Bonchev–Trinajstić information content (AvgIpc) is 3.10. The van der Waals surface area contributed by atoms with Gasteiger partial charge < -0.3 is 15.6 Å². The summed E-state index contributed by atoms with van der Waals surface area (Å²) >= 11 is 0. The Morgan fingerprint density at radius 2 is 1.79 bits per heavy atom. The summed E-state index contributed by atoms with van der Waals surface area (Å²) in [5.74, 6) is 0. The molecule has 0 saturated heterocycles. The first-order valence-electron chi connectivity index (χ1n) is 8.53. The Morgan fingerprint density at radius 3 is 2.48 bits per heavy atom. The lowest BCUT2D eigenvalue weighted by molar-refractivity contribution is -0.137. The minimum atomic E-state index is -4.43. The monoisotopic (exact) mass is 397 g/mol. The highest BCUT2D eigenvalue weighted by Crippen LogP contribution is 2.30. The van der Waals surface area contributed by atoms with Gasteiger partial charge in [-0.1, -0.05) is 6.07 Å². The Kier molecular flexibility index (Phi) is 4.63. The molecule has 0 saturated carbocycles. The molecule has 0 aliphatic heterocycles. The fourth-order valence-electron chi connectivity index (χ4n) is 2.83. The lowest BCUT2D eigenvalue weighted by Gasteiger charge is -2.09. The largest absolute Gasteiger partial charge is 0.416 e. The predicted molar refractivity (Wildman–Crippen MR) is 103 cm³/mol. The molecule has 0 aliphatic carbocycles. The van der Waals surface area contributed by atoms with Gasteiger partial charge in [-0.05, 0) is 36.4 Å². The summed E-state index contributed by atoms with van der Waals surface area (Å²) in [4.78, 5) is 23.7. The van der Waals surface area contributed by atoms with Crippen LogP contribution < -0.4 is 10.6 Å². The molecule has 6 nitrogen and oxygen atoms in total. The number of rotatable bonds is 3. The molecule has 0 aliphatic rings. The lowest BCUT2D eigenvalue weighted by atomic mass is 10.1. The number of hydrogen-bond donors (Lipinski definition) is 3. The molecule has 3 aromatic heterocycles. The zero-order chi connectivity index (χ0) is 20.4. The number of carbonyl (C=O) groups is 1. The van der Waals surface area contributed by atoms with E-state index in [0.29, 0.717) is 16.7 Å². The van der Waals surface area contributed by atoms with Crippen molar-refractivity contribution in [2.24, 2.45) is 0 Å². The highest BCUT2D eigenvalue weighted by molar-refractivity contribution is 6.05. The second-order valence-corrected chi connectivity index (χ2v) is 6.22. The number of urea groups is 1. The van der Waals surface area contributed by atoms with Crippen molar-refractivity contribution in [3.63, 3.8) is 0 Å². The summed E-state index contributed by atoms with van der Waals surface area (Å²) in [6.45, 7) is 0. The second-order valence-electron chi connectivity index (χ2n) is 6.22. The number of alkyl halides is 3. The van der Waals surface area contributed by atoms with E-state index in [-0.39, 0.29) is 5.69 Å². The Bertz CT molecular complexity index is 1150. The first-order chi connectivity index (χ1) is 13.9. The van der Waals surface area contributed by atoms with Gasteiger partial charge in [0.2, 0.25) is 0 Å². The summed E-state index contributed by atoms with van der Waals surface area (Å²) < 4.78 is 37.9. The smallest absolute Gasteiger partial charge is 0.344 e. The summed E-state index contributed by atoms with van der Waals surface area (Å²) in [6.07, 6.45) is 2.24. The van der Waals surface area contributed by atoms with Gasteiger partial charge in [-0.3, -0.25) is 4.98 Å². The molecule has 3 N–H and O–H groups in total. The third-order valence-electron chi connectivity index (χ3n) is 4.24. The van der Waals surface area contributed by atoms with Crippen LogP contribution in [0.4, 0.5) is 29.3 Å². The highest BCUT2D eigenvalue weighted by Gasteiger charge is 2.30. The molecule has 146 valence electrons. The van der Waals surface area contributed by atoms with Gasteiger partial charge in [0.15, 0.2) is 0 Å². The van der Waals surface area contributed by atoms with Gasteiger partial charge in [-0.15, -0.1) is 0 Å². The number of hydrogen-bond acceptors (Lipinski definition) is 3. The van der Waals surface area contributed by atoms with Crippen LogP contribution in [0.1, 0.15) is 5.56 Å². The number of amides is 2. The molecule has 3 heterocycles. The van der Waals surface area contributed by atoms with Crippen molar-refractivity contribution in [1.82, 2.24) is 15.0 Å². The molecule has 0 spiro atoms. The molecule has 4 rings (SSSR count). The number of anilines is 2. The maximum atomic E-state index is 12.6. The van der Waals surface area contributed by atoms with Crippen LogP contribution in [0, 0.1) is 0 Å². The van der Waals surface area contributed by atoms with Gasteiger partial charge in [0.05, 0.1) is 11.3 Å². The number of halogens is 3. The van der Waals surface area contributed by atoms with Crippen LogP contribution in [0.2, 0.25) is 0 Å². The number of H-pyrrole nitrogens is 1. The topological polar surface area (TPSA) is 82.7 Å². The van der Waals surface area contributed by atoms with Crippen LogP contribution in [0.15, 0.2) is 67.3 Å². The first-order valence-corrected chi connectivity index (χ1v) is 8.53. The summed E-state index contributed by atoms with van der Waals surface area (Å²) in [5, 5.41) is 5.87. The van der Waals surface area contributed by atoms with Crippen molar-refractivity contribution in [3.8, 4) is 11.1 Å². The van der Waals surface area contributed by atoms with Gasteiger partial charge in [-0.2, -0.15) is 13.2 Å². The molecule has 29 heavy (non-hydrogen) atoms. The normalized spacial score (nSPS) is 11.4. The predicted octanol–water partition coefficient (Wildman–Crippen LogP) is 5.29. The van der Waals surface area contributed by atoms with Crippen molar-refractivity contribution in [2.75, 3.05) is 10.6 Å². The number of nitrogens with one attached hydrogen (secondary N) is 3. The number of fused-ring (bicyclic) bond motifs is 1. The Hall–Kier alpha value is -3.88. The van der Waals surface area contributed by atoms with Crippen LogP contribution in [-0.4, -0.2) is 21.0 Å². The number of pyridine rings is 2. The molecule has 0 fully saturated rings. The number of benzene rings is 1. The Balaban J connectivity index is 1.52. The zero-order valence-corrected chi connectivity index (χ0v) is 14.8. The van der Waals surface area contributed by atoms with E-state index in [0.717, 1.165) is 23.3 Å². The van der Waals surface area contributed by atoms with Crippen molar-refractivity contribution < 1.29 is 18.0 Å². The third-order valence-corrected chi connectivity index (χ3v) is 4.24. The number of carbonyl (C=O) groups excluding carboxylic acids is 1. The van der Waals surface area contributed by atoms with Gasteiger partial charge in [0.1, 0.15) is 5.65 Å². The van der Waals surface area contributed by atoms with Crippen LogP contribution in [0.3, 0.4) is 0 Å². The van der Waals surface area contributed by atoms with Crippen molar-refractivity contribution in [1.29, 1.82) is 0 Å². The Labute approximate surface area is 162 Å². The zero-order valence-electron chi connectivity index (χ0n) is 14.8. The number of aromatic amines is 1. The molecule has 2 amide bonds. The van der Waals surface area contributed by atoms with Gasteiger partial charge in [0, 0.05) is 47.0 Å². The van der Waals surface area contributed by atoms with E-state index < -0.39 is 17.8 Å². The van der Waals surface area contributed by atoms with E-state index in [4.69, 9.17) is 0 Å². The SMILES string of the molecule is O=C(Nc1ccc(C(F)(F)F)cc1)Nc1c[nH]c2ncc(-c3cccnc3)cc12. The molecule has 0 radical (unpaired) electrons. The van der Waals surface area contributed by atoms with Crippen molar-refractivity contribution in [2.45, 2.75) is 6.18 Å². The molecule has 4 aromatic rings. The van der Waals surface area contributed by atoms with E-state index in [1.165, 1.54) is 12.1 Å². The van der Waals surface area contributed by atoms with E-state index >= 15 is 0 Å². The maximum absolute atomic E-state index is 12.6. The van der Waals surface area contributed by atoms with E-state index in [1.807, 2.05) is 18.2 Å². The summed E-state index contributed by atoms with van der Waals surface area (Å²) in [7, 11) is 0. The first kappa shape index (κ1) is 18.5. The molecule has 1 aromatic carbocycles. The van der Waals surface area contributed by atoms with E-state index in [9.17, 15) is 18.0 Å². The van der Waals surface area contributed by atoms with E-state index in [2.05, 4.69) is 25.6 Å². The van der Waals surface area contributed by atoms with Gasteiger partial charge in [-0.25, -0.2) is 9.78 Å². The number of aromatic nitrogens is 3. The molecule has 9 heteroatoms. The van der Waals surface area contributed by atoms with Crippen LogP contribution >= 0.6 is 0 Å². The quantitative estimate of drug-likeness (QED) is 0.439. The Morgan fingerprint density at radius 1 is 1.00 bits per heavy atom. The minimum absolute atomic E-state index is 0.240. The van der Waals surface area contributed by atoms with Crippen molar-refractivity contribution in [3.05, 3.63) is 72.8 Å². The fraction of sp³-hybridized carbons (Fsp3) is 0.0500. The number of nitrogens with zero attached hydrogens (tertiary/aromatic N) is 2. The molecule has 0 unspecified atom stereocenters. The molecular formula is C20H14F3N5O. The maximum Gasteiger partial charge on any atom is 0.416 e. The van der Waals surface area contributed by atoms with Crippen LogP contribution in [0.5, 0.6) is 0 Å². The van der Waals surface area contributed by atoms with E-state index in [1.54, 1.807) is 24.8 Å². The molecule has 0 atom stereocenters. The third kappa shape index (κ3) is 4.03. The van der Waals surface area contributed by atoms with Crippen LogP contribution in [-0.2, 0) is 6.18 Å². The highest BCUT2D eigenvalue weighted by atomic mass is 19.4. The lowest BCUT2D eigenvalue weighted by Crippen LogP contribution is -2.19.